The number of hydrogen-bond acceptors (Lipinski definition) is 11. The Morgan fingerprint density at radius 3 is 2.72 bits per heavy atom. The maximum Gasteiger partial charge on any atom is 0.346 e. The zero-order chi connectivity index (χ0) is 40.2. The number of anilines is 2. The predicted molar refractivity (Wildman–Crippen MR) is 215 cm³/mol. The first-order chi connectivity index (χ1) is 27.9. The standard InChI is InChI=1S/C40H39Cl2F3N10O2S/c1-20-8-10-39(17-54(33(39)21-4-2-5-21)38(56)55-19-48-36(42)51-55)16-53(20)35-24-12-26(41)29(23-6-7-27(44)32-28(23)25(14-46)34(47)58-32)30(45)31(24)49-37(50-35)57-18-40-9-3-11-52(40)15-22(43)13-40/h6-7,12,19-22,33H,2-5,8-11,13,15-18,47H2,1H3/t20-,22+,33+,39+,40-/m0/s1. The molecule has 1 spiro atoms. The summed E-state index contributed by atoms with van der Waals surface area (Å²) in [5.74, 6) is -0.649. The van der Waals surface area contributed by atoms with E-state index in [4.69, 9.17) is 38.7 Å². The lowest BCUT2D eigenvalue weighted by molar-refractivity contribution is -0.100. The molecule has 3 aromatic heterocycles. The number of piperidine rings is 1. The van der Waals surface area contributed by atoms with Crippen LogP contribution in [0.15, 0.2) is 24.5 Å². The summed E-state index contributed by atoms with van der Waals surface area (Å²) in [5.41, 5.74) is 5.45. The summed E-state index contributed by atoms with van der Waals surface area (Å²) in [6.45, 7) is 4.34. The number of aromatic nitrogens is 5. The Hall–Kier alpha value is -4.43. The summed E-state index contributed by atoms with van der Waals surface area (Å²) in [5, 5.41) is 14.7. The minimum Gasteiger partial charge on any atom is -0.461 e. The predicted octanol–water partition coefficient (Wildman–Crippen LogP) is 8.22. The Labute approximate surface area is 345 Å². The third-order valence-corrected chi connectivity index (χ3v) is 15.1. The molecular weight excluding hydrogens is 812 g/mol. The molecule has 4 saturated heterocycles. The largest absolute Gasteiger partial charge is 0.461 e. The smallest absolute Gasteiger partial charge is 0.346 e. The number of alkyl halides is 1. The van der Waals surface area contributed by atoms with Crippen molar-refractivity contribution in [1.29, 1.82) is 5.26 Å². The van der Waals surface area contributed by atoms with Crippen LogP contribution in [-0.4, -0.2) is 97.1 Å². The number of amides is 1. The number of ether oxygens (including phenoxy) is 1. The molecule has 5 atom stereocenters. The number of likely N-dealkylation sites (tertiary alicyclic amines) is 1. The third-order valence-electron chi connectivity index (χ3n) is 13.6. The van der Waals surface area contributed by atoms with E-state index < -0.39 is 23.3 Å². The van der Waals surface area contributed by atoms with Crippen LogP contribution in [0.4, 0.5) is 28.8 Å². The van der Waals surface area contributed by atoms with Crippen LogP contribution in [0.1, 0.15) is 63.9 Å². The minimum atomic E-state index is -0.972. The molecule has 0 bridgehead atoms. The molecule has 1 aliphatic carbocycles. The number of rotatable bonds is 6. The number of hydrogen-bond donors (Lipinski definition) is 1. The van der Waals surface area contributed by atoms with E-state index in [0.29, 0.717) is 43.2 Å². The molecule has 0 radical (unpaired) electrons. The molecule has 0 unspecified atom stereocenters. The maximum atomic E-state index is 17.5. The fraction of sp³-hybridized carbons (Fsp3) is 0.500. The number of halogens is 5. The van der Waals surface area contributed by atoms with Crippen molar-refractivity contribution in [3.8, 4) is 23.2 Å². The van der Waals surface area contributed by atoms with Crippen molar-refractivity contribution in [2.75, 3.05) is 43.4 Å². The van der Waals surface area contributed by atoms with E-state index in [1.165, 1.54) is 23.1 Å². The van der Waals surface area contributed by atoms with Crippen LogP contribution >= 0.6 is 34.5 Å². The summed E-state index contributed by atoms with van der Waals surface area (Å²) >= 11 is 13.9. The van der Waals surface area contributed by atoms with E-state index in [0.717, 1.165) is 62.8 Å². The van der Waals surface area contributed by atoms with Crippen molar-refractivity contribution in [1.82, 2.24) is 34.5 Å². The van der Waals surface area contributed by atoms with Crippen molar-refractivity contribution in [3.05, 3.63) is 52.0 Å². The molecular formula is C40H39Cl2F3N10O2S. The Balaban J connectivity index is 1.09. The van der Waals surface area contributed by atoms with Crippen LogP contribution in [0, 0.1) is 34.3 Å². The first-order valence-electron chi connectivity index (χ1n) is 19.7. The van der Waals surface area contributed by atoms with E-state index in [2.05, 4.69) is 37.9 Å². The first kappa shape index (κ1) is 37.8. The molecule has 1 amide bonds. The number of benzene rings is 2. The number of nitrogen functional groups attached to an aromatic ring is 1. The second-order valence-corrected chi connectivity index (χ2v) is 18.6. The van der Waals surface area contributed by atoms with Crippen LogP contribution in [0.2, 0.25) is 10.3 Å². The molecule has 12 nitrogen and oxygen atoms in total. The molecule has 18 heteroatoms. The topological polar surface area (TPSA) is 142 Å². The summed E-state index contributed by atoms with van der Waals surface area (Å²) < 4.78 is 55.1. The van der Waals surface area contributed by atoms with E-state index in [-0.39, 0.29) is 83.7 Å². The molecule has 2 aromatic carbocycles. The molecule has 5 aliphatic rings. The molecule has 10 rings (SSSR count). The Morgan fingerprint density at radius 2 is 1.98 bits per heavy atom. The van der Waals surface area contributed by atoms with E-state index in [9.17, 15) is 14.4 Å². The van der Waals surface area contributed by atoms with Gasteiger partial charge in [-0.2, -0.15) is 19.9 Å². The van der Waals surface area contributed by atoms with Crippen LogP contribution in [-0.2, 0) is 0 Å². The number of fused-ring (bicyclic) bond motifs is 3. The second-order valence-electron chi connectivity index (χ2n) is 16.8. The zero-order valence-electron chi connectivity index (χ0n) is 31.5. The monoisotopic (exact) mass is 850 g/mol. The average Bonchev–Trinajstić information content (AvgIpc) is 3.94. The fourth-order valence-corrected chi connectivity index (χ4v) is 12.0. The molecule has 302 valence electrons. The molecule has 5 aromatic rings. The third kappa shape index (κ3) is 5.74. The summed E-state index contributed by atoms with van der Waals surface area (Å²) in [7, 11) is 0. The van der Waals surface area contributed by atoms with Gasteiger partial charge in [-0.05, 0) is 87.2 Å². The first-order valence-corrected chi connectivity index (χ1v) is 21.2. The van der Waals surface area contributed by atoms with E-state index >= 15 is 8.78 Å². The van der Waals surface area contributed by atoms with Gasteiger partial charge in [0, 0.05) is 59.9 Å². The van der Waals surface area contributed by atoms with Crippen LogP contribution < -0.4 is 15.4 Å². The lowest BCUT2D eigenvalue weighted by Crippen LogP contribution is -2.74. The van der Waals surface area contributed by atoms with Crippen LogP contribution in [0.3, 0.4) is 0 Å². The highest BCUT2D eigenvalue weighted by molar-refractivity contribution is 7.23. The molecule has 2 N–H and O–H groups in total. The minimum absolute atomic E-state index is 0.00403. The molecule has 58 heavy (non-hydrogen) atoms. The number of nitrogens with two attached hydrogens (primary N) is 1. The maximum absolute atomic E-state index is 17.5. The lowest BCUT2D eigenvalue weighted by Gasteiger charge is -2.64. The Bertz CT molecular complexity index is 2560. The zero-order valence-corrected chi connectivity index (χ0v) is 33.9. The van der Waals surface area contributed by atoms with Gasteiger partial charge in [0.25, 0.3) is 0 Å². The van der Waals surface area contributed by atoms with Gasteiger partial charge in [-0.15, -0.1) is 16.4 Å². The van der Waals surface area contributed by atoms with Gasteiger partial charge < -0.3 is 20.3 Å². The normalized spacial score (nSPS) is 27.3. The highest BCUT2D eigenvalue weighted by atomic mass is 35.5. The average molecular weight is 852 g/mol. The highest BCUT2D eigenvalue weighted by Gasteiger charge is 2.60. The van der Waals surface area contributed by atoms with Crippen molar-refractivity contribution < 1.29 is 22.7 Å². The summed E-state index contributed by atoms with van der Waals surface area (Å²) in [6, 6.07) is 5.83. The second kappa shape index (κ2) is 13.8. The van der Waals surface area contributed by atoms with Crippen molar-refractivity contribution >= 4 is 72.4 Å². The SMILES string of the molecule is C[C@H]1CC[C@]2(CN(C(=O)n3cnc(Cl)n3)[C@@H]2C2CCC2)CN1c1nc(OC[C@@]23CCCN2C[C@H](F)C3)nc2c(F)c(-c3ccc(F)c4sc(N)c(C#N)c34)c(Cl)cc12. The summed E-state index contributed by atoms with van der Waals surface area (Å²) in [6.07, 6.45) is 7.10. The van der Waals surface area contributed by atoms with Gasteiger partial charge in [-0.25, -0.2) is 22.9 Å². The Kier molecular flexibility index (Phi) is 9.01. The lowest BCUT2D eigenvalue weighted by atomic mass is 9.58. The molecule has 7 heterocycles. The van der Waals surface area contributed by atoms with Crippen molar-refractivity contribution in [2.45, 2.75) is 82.1 Å². The van der Waals surface area contributed by atoms with Gasteiger partial charge in [0.2, 0.25) is 5.28 Å². The van der Waals surface area contributed by atoms with Gasteiger partial charge in [-0.3, -0.25) is 4.90 Å². The number of thiophene rings is 1. The number of nitriles is 1. The Morgan fingerprint density at radius 1 is 1.16 bits per heavy atom. The van der Waals surface area contributed by atoms with Crippen molar-refractivity contribution in [2.24, 2.45) is 11.3 Å². The van der Waals surface area contributed by atoms with E-state index in [1.54, 1.807) is 6.07 Å². The fourth-order valence-electron chi connectivity index (χ4n) is 10.6. The van der Waals surface area contributed by atoms with Gasteiger partial charge >= 0.3 is 12.0 Å². The van der Waals surface area contributed by atoms with E-state index in [1.807, 2.05) is 4.90 Å². The molecule has 1 saturated carbocycles. The number of carbonyl (C=O) groups is 1. The molecule has 4 aliphatic heterocycles. The quantitative estimate of drug-likeness (QED) is 0.178. The molecule has 5 fully saturated rings. The van der Waals surface area contributed by atoms with Crippen LogP contribution in [0.25, 0.3) is 32.1 Å². The highest BCUT2D eigenvalue weighted by Crippen LogP contribution is 2.55. The summed E-state index contributed by atoms with van der Waals surface area (Å²) in [4.78, 5) is 33.6. The van der Waals surface area contributed by atoms with Gasteiger partial charge in [0.05, 0.1) is 20.8 Å². The van der Waals surface area contributed by atoms with Crippen molar-refractivity contribution in [3.63, 3.8) is 0 Å². The van der Waals surface area contributed by atoms with Gasteiger partial charge in [0.15, 0.2) is 5.82 Å². The number of nitrogens with zero attached hydrogens (tertiary/aromatic N) is 9. The van der Waals surface area contributed by atoms with Crippen LogP contribution in [0.5, 0.6) is 6.01 Å². The van der Waals surface area contributed by atoms with Gasteiger partial charge in [-0.1, -0.05) is 24.1 Å². The van der Waals surface area contributed by atoms with Gasteiger partial charge in [0.1, 0.15) is 47.3 Å². The number of carbonyl (C=O) groups excluding carboxylic acids is 1.